The number of fused-ring (bicyclic) bond motifs is 1. The fraction of sp³-hybridized carbons (Fsp3) is 0.423. The highest BCUT2D eigenvalue weighted by Gasteiger charge is 2.22. The first-order valence-corrected chi connectivity index (χ1v) is 12.7. The Balaban J connectivity index is 1.76. The second-order valence-corrected chi connectivity index (χ2v) is 9.72. The van der Waals surface area contributed by atoms with Gasteiger partial charge in [-0.25, -0.2) is 4.98 Å². The van der Waals surface area contributed by atoms with Crippen molar-refractivity contribution in [2.75, 3.05) is 7.11 Å². The van der Waals surface area contributed by atoms with Gasteiger partial charge in [0.2, 0.25) is 0 Å². The van der Waals surface area contributed by atoms with Gasteiger partial charge >= 0.3 is 0 Å². The summed E-state index contributed by atoms with van der Waals surface area (Å²) >= 11 is 2.25. The maximum Gasteiger partial charge on any atom is 0.282 e. The number of aromatic nitrogens is 2. The minimum Gasteiger partial charge on any atom is -0.493 e. The number of hydrogen-bond donors (Lipinski definition) is 0. The van der Waals surface area contributed by atoms with Gasteiger partial charge in [0, 0.05) is 5.92 Å². The van der Waals surface area contributed by atoms with Crippen LogP contribution in [0.25, 0.3) is 10.9 Å². The second kappa shape index (κ2) is 10.7. The van der Waals surface area contributed by atoms with E-state index in [0.29, 0.717) is 11.1 Å². The summed E-state index contributed by atoms with van der Waals surface area (Å²) in [5.74, 6) is 2.39. The molecule has 0 saturated heterocycles. The van der Waals surface area contributed by atoms with Crippen molar-refractivity contribution in [3.05, 3.63) is 61.7 Å². The SMILES string of the molecule is CC[C@@H](C)Oc1c(I)cc(C=Nn2c(C3CCCCC3)nc3ccccc3c2=O)cc1OC. The van der Waals surface area contributed by atoms with Crippen LogP contribution in [0.1, 0.15) is 69.7 Å². The zero-order valence-corrected chi connectivity index (χ0v) is 21.5. The van der Waals surface area contributed by atoms with Gasteiger partial charge in [0.05, 0.1) is 33.9 Å². The van der Waals surface area contributed by atoms with E-state index in [2.05, 4.69) is 34.6 Å². The molecule has 174 valence electrons. The Kier molecular flexibility index (Phi) is 7.67. The Morgan fingerprint density at radius 1 is 1.24 bits per heavy atom. The molecule has 0 radical (unpaired) electrons. The summed E-state index contributed by atoms with van der Waals surface area (Å²) in [6.45, 7) is 4.13. The molecule has 1 aliphatic carbocycles. The quantitative estimate of drug-likeness (QED) is 0.259. The van der Waals surface area contributed by atoms with Crippen molar-refractivity contribution in [1.82, 2.24) is 9.66 Å². The summed E-state index contributed by atoms with van der Waals surface area (Å²) in [6, 6.07) is 11.4. The first-order chi connectivity index (χ1) is 16.0. The molecule has 1 fully saturated rings. The van der Waals surface area contributed by atoms with E-state index in [9.17, 15) is 4.79 Å². The van der Waals surface area contributed by atoms with Gasteiger partial charge in [-0.3, -0.25) is 4.79 Å². The number of rotatable bonds is 7. The highest BCUT2D eigenvalue weighted by atomic mass is 127. The van der Waals surface area contributed by atoms with Crippen molar-refractivity contribution < 1.29 is 9.47 Å². The number of nitrogens with zero attached hydrogens (tertiary/aromatic N) is 3. The van der Waals surface area contributed by atoms with Gasteiger partial charge < -0.3 is 9.47 Å². The van der Waals surface area contributed by atoms with E-state index in [1.165, 1.54) is 11.1 Å². The lowest BCUT2D eigenvalue weighted by atomic mass is 9.88. The molecular weight excluding hydrogens is 529 g/mol. The van der Waals surface area contributed by atoms with Crippen molar-refractivity contribution in [1.29, 1.82) is 0 Å². The van der Waals surface area contributed by atoms with Gasteiger partial charge in [0.15, 0.2) is 11.5 Å². The number of hydrogen-bond acceptors (Lipinski definition) is 5. The second-order valence-electron chi connectivity index (χ2n) is 8.55. The largest absolute Gasteiger partial charge is 0.493 e. The summed E-state index contributed by atoms with van der Waals surface area (Å²) in [7, 11) is 1.63. The summed E-state index contributed by atoms with van der Waals surface area (Å²) in [4.78, 5) is 18.3. The average molecular weight is 559 g/mol. The first-order valence-electron chi connectivity index (χ1n) is 11.6. The Labute approximate surface area is 208 Å². The van der Waals surface area contributed by atoms with Crippen LogP contribution in [0, 0.1) is 3.57 Å². The molecule has 0 bridgehead atoms. The molecule has 4 rings (SSSR count). The van der Waals surface area contributed by atoms with Gasteiger partial charge in [-0.15, -0.1) is 0 Å². The van der Waals surface area contributed by atoms with E-state index in [4.69, 9.17) is 14.5 Å². The van der Waals surface area contributed by atoms with Gasteiger partial charge in [-0.05, 0) is 78.6 Å². The third kappa shape index (κ3) is 5.23. The van der Waals surface area contributed by atoms with Crippen LogP contribution in [0.15, 0.2) is 46.3 Å². The number of benzene rings is 2. The molecule has 6 nitrogen and oxygen atoms in total. The molecule has 0 amide bonds. The molecule has 33 heavy (non-hydrogen) atoms. The molecule has 0 aliphatic heterocycles. The predicted molar refractivity (Wildman–Crippen MR) is 141 cm³/mol. The molecule has 0 N–H and O–H groups in total. The normalized spacial score (nSPS) is 15.8. The van der Waals surface area contributed by atoms with Gasteiger partial charge in [0.1, 0.15) is 5.82 Å². The predicted octanol–water partition coefficient (Wildman–Crippen LogP) is 6.12. The van der Waals surface area contributed by atoms with Crippen LogP contribution in [0.2, 0.25) is 0 Å². The van der Waals surface area contributed by atoms with E-state index in [0.717, 1.165) is 58.3 Å². The van der Waals surface area contributed by atoms with Crippen LogP contribution in [0.3, 0.4) is 0 Å². The topological polar surface area (TPSA) is 65.7 Å². The van der Waals surface area contributed by atoms with E-state index in [1.807, 2.05) is 43.3 Å². The van der Waals surface area contributed by atoms with Crippen LogP contribution >= 0.6 is 22.6 Å². The van der Waals surface area contributed by atoms with Crippen LogP contribution in [0.5, 0.6) is 11.5 Å². The van der Waals surface area contributed by atoms with E-state index < -0.39 is 0 Å². The zero-order chi connectivity index (χ0) is 23.4. The summed E-state index contributed by atoms with van der Waals surface area (Å²) in [5.41, 5.74) is 1.44. The Bertz CT molecular complexity index is 1220. The molecule has 2 aromatic carbocycles. The number of ether oxygens (including phenoxy) is 2. The monoisotopic (exact) mass is 559 g/mol. The van der Waals surface area contributed by atoms with Crippen molar-refractivity contribution in [2.24, 2.45) is 5.10 Å². The zero-order valence-electron chi connectivity index (χ0n) is 19.4. The van der Waals surface area contributed by atoms with E-state index >= 15 is 0 Å². The number of methoxy groups -OCH3 is 1. The molecule has 1 aliphatic rings. The Hall–Kier alpha value is -2.42. The fourth-order valence-corrected chi connectivity index (χ4v) is 4.97. The Morgan fingerprint density at radius 2 is 2.00 bits per heavy atom. The van der Waals surface area contributed by atoms with Crippen LogP contribution < -0.4 is 15.0 Å². The maximum atomic E-state index is 13.4. The minimum atomic E-state index is -0.129. The molecule has 1 heterocycles. The first kappa shape index (κ1) is 23.7. The van der Waals surface area contributed by atoms with Gasteiger partial charge in [-0.2, -0.15) is 9.78 Å². The summed E-state index contributed by atoms with van der Waals surface area (Å²) in [5, 5.41) is 5.22. The van der Waals surface area contributed by atoms with Crippen molar-refractivity contribution >= 4 is 39.7 Å². The standard InChI is InChI=1S/C26H30IN3O3/c1-4-17(2)33-24-21(27)14-18(15-23(24)32-3)16-28-30-25(19-10-6-5-7-11-19)29-22-13-9-8-12-20(22)26(30)31/h8-9,12-17,19H,4-7,10-11H2,1-3H3/t17-/m1/s1. The minimum absolute atomic E-state index is 0.0900. The highest BCUT2D eigenvalue weighted by molar-refractivity contribution is 14.1. The molecule has 1 aromatic heterocycles. The third-order valence-corrected chi connectivity index (χ3v) is 7.02. The molecule has 1 atom stereocenters. The van der Waals surface area contributed by atoms with Gasteiger partial charge in [0.25, 0.3) is 5.56 Å². The molecule has 7 heteroatoms. The average Bonchev–Trinajstić information content (AvgIpc) is 2.85. The highest BCUT2D eigenvalue weighted by Crippen LogP contribution is 2.35. The molecule has 1 saturated carbocycles. The lowest BCUT2D eigenvalue weighted by Crippen LogP contribution is -2.25. The van der Waals surface area contributed by atoms with Crippen LogP contribution in [-0.4, -0.2) is 29.1 Å². The molecule has 0 unspecified atom stereocenters. The smallest absolute Gasteiger partial charge is 0.282 e. The van der Waals surface area contributed by atoms with Crippen LogP contribution in [0.4, 0.5) is 0 Å². The molecule has 3 aromatic rings. The lowest BCUT2D eigenvalue weighted by Gasteiger charge is -2.22. The number of halogens is 1. The summed E-state index contributed by atoms with van der Waals surface area (Å²) < 4.78 is 14.1. The van der Waals surface area contributed by atoms with Crippen molar-refractivity contribution in [3.8, 4) is 11.5 Å². The van der Waals surface area contributed by atoms with E-state index in [1.54, 1.807) is 13.3 Å². The third-order valence-electron chi connectivity index (χ3n) is 6.22. The van der Waals surface area contributed by atoms with Crippen LogP contribution in [-0.2, 0) is 0 Å². The molecule has 0 spiro atoms. The number of para-hydroxylation sites is 1. The summed E-state index contributed by atoms with van der Waals surface area (Å²) in [6.07, 6.45) is 8.33. The van der Waals surface area contributed by atoms with Gasteiger partial charge in [-0.1, -0.05) is 38.3 Å². The van der Waals surface area contributed by atoms with E-state index in [-0.39, 0.29) is 17.6 Å². The fourth-order valence-electron chi connectivity index (χ4n) is 4.22. The molecular formula is C26H30IN3O3. The van der Waals surface area contributed by atoms with Crippen molar-refractivity contribution in [3.63, 3.8) is 0 Å². The lowest BCUT2D eigenvalue weighted by molar-refractivity contribution is 0.206. The Morgan fingerprint density at radius 3 is 2.73 bits per heavy atom. The maximum absolute atomic E-state index is 13.4. The van der Waals surface area contributed by atoms with Crippen molar-refractivity contribution in [2.45, 2.75) is 64.4 Å².